The number of fused-ring (bicyclic) bond motifs is 2. The molecule has 0 spiro atoms. The van der Waals surface area contributed by atoms with Gasteiger partial charge < -0.3 is 0 Å². The van der Waals surface area contributed by atoms with Gasteiger partial charge in [-0.15, -0.1) is 0 Å². The summed E-state index contributed by atoms with van der Waals surface area (Å²) in [7, 11) is 0. The first-order valence-electron chi connectivity index (χ1n) is 3.96. The largest absolute Gasteiger partial charge is 0.0993 e. The highest BCUT2D eigenvalue weighted by Gasteiger charge is 2.39. The van der Waals surface area contributed by atoms with Crippen LogP contribution in [0, 0.1) is 17.8 Å². The van der Waals surface area contributed by atoms with Gasteiger partial charge in [0.15, 0.2) is 0 Å². The van der Waals surface area contributed by atoms with E-state index in [1.54, 1.807) is 5.57 Å². The maximum atomic E-state index is 4.08. The minimum Gasteiger partial charge on any atom is -0.0993 e. The maximum absolute atomic E-state index is 4.08. The van der Waals surface area contributed by atoms with Crippen LogP contribution in [-0.2, 0) is 0 Å². The SMILES string of the molecule is C=C1C2CC(C)CC1C2. The Balaban J connectivity index is 2.09. The second-order valence-electron chi connectivity index (χ2n) is 3.78. The highest BCUT2D eigenvalue weighted by atomic mass is 14.4. The van der Waals surface area contributed by atoms with Crippen molar-refractivity contribution in [3.05, 3.63) is 12.2 Å². The molecule has 9 heavy (non-hydrogen) atoms. The summed E-state index contributed by atoms with van der Waals surface area (Å²) in [5.41, 5.74) is 1.56. The van der Waals surface area contributed by atoms with Gasteiger partial charge in [-0.1, -0.05) is 19.1 Å². The molecule has 0 aromatic rings. The monoisotopic (exact) mass is 122 g/mol. The van der Waals surface area contributed by atoms with E-state index < -0.39 is 0 Å². The van der Waals surface area contributed by atoms with Crippen molar-refractivity contribution < 1.29 is 0 Å². The summed E-state index contributed by atoms with van der Waals surface area (Å²) in [6.07, 6.45) is 4.31. The van der Waals surface area contributed by atoms with Crippen molar-refractivity contribution in [2.75, 3.05) is 0 Å². The van der Waals surface area contributed by atoms with Gasteiger partial charge in [-0.3, -0.25) is 0 Å². The molecule has 3 aliphatic carbocycles. The highest BCUT2D eigenvalue weighted by molar-refractivity contribution is 5.19. The Morgan fingerprint density at radius 3 is 2.11 bits per heavy atom. The zero-order chi connectivity index (χ0) is 6.43. The van der Waals surface area contributed by atoms with E-state index in [-0.39, 0.29) is 0 Å². The van der Waals surface area contributed by atoms with Crippen LogP contribution in [-0.4, -0.2) is 0 Å². The fourth-order valence-electron chi connectivity index (χ4n) is 2.38. The van der Waals surface area contributed by atoms with Crippen molar-refractivity contribution in [3.8, 4) is 0 Å². The van der Waals surface area contributed by atoms with Gasteiger partial charge in [0.05, 0.1) is 0 Å². The van der Waals surface area contributed by atoms with Crippen LogP contribution in [0.3, 0.4) is 0 Å². The third-order valence-corrected chi connectivity index (χ3v) is 2.99. The summed E-state index contributed by atoms with van der Waals surface area (Å²) < 4.78 is 0. The summed E-state index contributed by atoms with van der Waals surface area (Å²) in [5.74, 6) is 2.84. The molecule has 0 radical (unpaired) electrons. The topological polar surface area (TPSA) is 0 Å². The van der Waals surface area contributed by atoms with E-state index in [1.165, 1.54) is 19.3 Å². The third kappa shape index (κ3) is 0.654. The van der Waals surface area contributed by atoms with Crippen molar-refractivity contribution >= 4 is 0 Å². The third-order valence-electron chi connectivity index (χ3n) is 2.99. The summed E-state index contributed by atoms with van der Waals surface area (Å²) in [6, 6.07) is 0. The highest BCUT2D eigenvalue weighted by Crippen LogP contribution is 2.51. The van der Waals surface area contributed by atoms with E-state index in [9.17, 15) is 0 Å². The Morgan fingerprint density at radius 2 is 1.78 bits per heavy atom. The molecule has 0 aromatic heterocycles. The van der Waals surface area contributed by atoms with Crippen LogP contribution in [0.5, 0.6) is 0 Å². The molecule has 0 saturated heterocycles. The molecule has 3 fully saturated rings. The average molecular weight is 122 g/mol. The molecule has 0 N–H and O–H groups in total. The smallest absolute Gasteiger partial charge is 0.0195 e. The van der Waals surface area contributed by atoms with Crippen LogP contribution in [0.4, 0.5) is 0 Å². The van der Waals surface area contributed by atoms with Crippen molar-refractivity contribution in [2.45, 2.75) is 26.2 Å². The second kappa shape index (κ2) is 1.62. The van der Waals surface area contributed by atoms with Crippen LogP contribution in [0.2, 0.25) is 0 Å². The van der Waals surface area contributed by atoms with E-state index in [4.69, 9.17) is 0 Å². The van der Waals surface area contributed by atoms with E-state index in [2.05, 4.69) is 13.5 Å². The van der Waals surface area contributed by atoms with Crippen LogP contribution in [0.15, 0.2) is 12.2 Å². The molecule has 2 bridgehead atoms. The molecule has 0 heterocycles. The van der Waals surface area contributed by atoms with E-state index >= 15 is 0 Å². The van der Waals surface area contributed by atoms with Crippen LogP contribution < -0.4 is 0 Å². The predicted molar refractivity (Wildman–Crippen MR) is 39.1 cm³/mol. The standard InChI is InChI=1S/C9H14/c1-6-3-8-5-9(4-6)7(8)2/h6,8-9H,2-5H2,1H3. The molecular weight excluding hydrogens is 108 g/mol. The zero-order valence-electron chi connectivity index (χ0n) is 6.06. The lowest BCUT2D eigenvalue weighted by molar-refractivity contribution is 0.162. The summed E-state index contributed by atoms with van der Waals surface area (Å²) in [5, 5.41) is 0. The molecule has 0 heteroatoms. The minimum absolute atomic E-state index is 0.929. The molecule has 3 rings (SSSR count). The fraction of sp³-hybridized carbons (Fsp3) is 0.778. The molecule has 3 aliphatic rings. The molecule has 0 aromatic carbocycles. The van der Waals surface area contributed by atoms with Crippen LogP contribution in [0.1, 0.15) is 26.2 Å². The van der Waals surface area contributed by atoms with Crippen LogP contribution >= 0.6 is 0 Å². The summed E-state index contributed by atoms with van der Waals surface area (Å²) >= 11 is 0. The van der Waals surface area contributed by atoms with E-state index in [0.29, 0.717) is 0 Å². The van der Waals surface area contributed by atoms with Crippen molar-refractivity contribution in [1.29, 1.82) is 0 Å². The molecular formula is C9H14. The first-order chi connectivity index (χ1) is 4.27. The molecule has 2 unspecified atom stereocenters. The predicted octanol–water partition coefficient (Wildman–Crippen LogP) is 2.61. The van der Waals surface area contributed by atoms with Crippen molar-refractivity contribution in [1.82, 2.24) is 0 Å². The average Bonchev–Trinajstić information content (AvgIpc) is 1.87. The second-order valence-corrected chi connectivity index (χ2v) is 3.78. The van der Waals surface area contributed by atoms with Gasteiger partial charge in [0.25, 0.3) is 0 Å². The molecule has 0 aliphatic heterocycles. The Morgan fingerprint density at radius 1 is 1.22 bits per heavy atom. The number of allylic oxidation sites excluding steroid dienone is 1. The van der Waals surface area contributed by atoms with Crippen LogP contribution in [0.25, 0.3) is 0 Å². The fourth-order valence-corrected chi connectivity index (χ4v) is 2.38. The first-order valence-corrected chi connectivity index (χ1v) is 3.96. The normalized spacial score (nSPS) is 48.6. The Hall–Kier alpha value is -0.260. The Kier molecular flexibility index (Phi) is 0.992. The maximum Gasteiger partial charge on any atom is -0.0195 e. The summed E-state index contributed by atoms with van der Waals surface area (Å²) in [4.78, 5) is 0. The molecule has 0 nitrogen and oxygen atoms in total. The van der Waals surface area contributed by atoms with Gasteiger partial charge in [-0.05, 0) is 37.0 Å². The van der Waals surface area contributed by atoms with Crippen molar-refractivity contribution in [3.63, 3.8) is 0 Å². The molecule has 3 saturated carbocycles. The van der Waals surface area contributed by atoms with Gasteiger partial charge in [0.2, 0.25) is 0 Å². The van der Waals surface area contributed by atoms with Crippen molar-refractivity contribution in [2.24, 2.45) is 17.8 Å². The summed E-state index contributed by atoms with van der Waals surface area (Å²) in [6.45, 7) is 6.45. The lowest BCUT2D eigenvalue weighted by Gasteiger charge is -2.46. The van der Waals surface area contributed by atoms with Gasteiger partial charge in [0, 0.05) is 0 Å². The van der Waals surface area contributed by atoms with Gasteiger partial charge >= 0.3 is 0 Å². The van der Waals surface area contributed by atoms with Gasteiger partial charge in [-0.25, -0.2) is 0 Å². The molecule has 50 valence electrons. The van der Waals surface area contributed by atoms with Gasteiger partial charge in [0.1, 0.15) is 0 Å². The Labute approximate surface area is 57.0 Å². The number of hydrogen-bond donors (Lipinski definition) is 0. The first kappa shape index (κ1) is 5.52. The number of rotatable bonds is 0. The quantitative estimate of drug-likeness (QED) is 0.433. The van der Waals surface area contributed by atoms with E-state index in [1.807, 2.05) is 0 Å². The number of hydrogen-bond acceptors (Lipinski definition) is 0. The Bertz CT molecular complexity index is 132. The lowest BCUT2D eigenvalue weighted by Crippen LogP contribution is -2.35. The minimum atomic E-state index is 0.929. The lowest BCUT2D eigenvalue weighted by atomic mass is 9.59. The van der Waals surface area contributed by atoms with E-state index in [0.717, 1.165) is 17.8 Å². The molecule has 0 amide bonds. The zero-order valence-corrected chi connectivity index (χ0v) is 6.06. The van der Waals surface area contributed by atoms with Gasteiger partial charge in [-0.2, -0.15) is 0 Å². The molecule has 2 atom stereocenters.